The number of sulfonamides is 1. The second kappa shape index (κ2) is 10.4. The number of hydrogen-bond acceptors (Lipinski definition) is 5. The van der Waals surface area contributed by atoms with Crippen LogP contribution in [0.4, 0.5) is 5.69 Å². The highest BCUT2D eigenvalue weighted by Crippen LogP contribution is 2.26. The second-order valence-corrected chi connectivity index (χ2v) is 8.28. The molecule has 0 aliphatic heterocycles. The Morgan fingerprint density at radius 3 is 2.48 bits per heavy atom. The molecule has 29 heavy (non-hydrogen) atoms. The molecule has 0 bridgehead atoms. The van der Waals surface area contributed by atoms with E-state index in [4.69, 9.17) is 27.9 Å². The Balaban J connectivity index is 2.04. The van der Waals surface area contributed by atoms with Crippen molar-refractivity contribution in [3.8, 4) is 0 Å². The summed E-state index contributed by atoms with van der Waals surface area (Å²) in [4.78, 5) is 23.8. The van der Waals surface area contributed by atoms with Crippen molar-refractivity contribution < 1.29 is 22.7 Å². The number of anilines is 1. The summed E-state index contributed by atoms with van der Waals surface area (Å²) in [5.41, 5.74) is 0.359. The van der Waals surface area contributed by atoms with Gasteiger partial charge in [0.05, 0.1) is 28.1 Å². The van der Waals surface area contributed by atoms with Crippen LogP contribution in [-0.2, 0) is 19.6 Å². The third-order valence-corrected chi connectivity index (χ3v) is 5.73. The van der Waals surface area contributed by atoms with E-state index in [0.29, 0.717) is 13.2 Å². The number of nitrogens with one attached hydrogen (secondary N) is 3. The van der Waals surface area contributed by atoms with Gasteiger partial charge in [0, 0.05) is 24.9 Å². The minimum Gasteiger partial charge on any atom is -0.383 e. The van der Waals surface area contributed by atoms with Crippen molar-refractivity contribution in [3.05, 3.63) is 58.1 Å². The zero-order valence-corrected chi connectivity index (χ0v) is 17.7. The molecular formula is C18H19Cl2N3O5S. The molecule has 2 rings (SSSR count). The molecule has 0 aliphatic carbocycles. The van der Waals surface area contributed by atoms with Crippen LogP contribution in [0.2, 0.25) is 10.0 Å². The number of ether oxygens (including phenoxy) is 1. The number of halogens is 2. The predicted molar refractivity (Wildman–Crippen MR) is 111 cm³/mol. The van der Waals surface area contributed by atoms with Gasteiger partial charge in [-0.2, -0.15) is 0 Å². The first kappa shape index (κ1) is 23.0. The smallest absolute Gasteiger partial charge is 0.261 e. The molecular weight excluding hydrogens is 441 g/mol. The summed E-state index contributed by atoms with van der Waals surface area (Å²) in [5.74, 6) is -0.894. The Morgan fingerprint density at radius 2 is 1.79 bits per heavy atom. The van der Waals surface area contributed by atoms with Crippen molar-refractivity contribution in [2.75, 3.05) is 31.5 Å². The minimum absolute atomic E-state index is 0.0746. The van der Waals surface area contributed by atoms with Crippen LogP contribution in [0.15, 0.2) is 47.4 Å². The van der Waals surface area contributed by atoms with Gasteiger partial charge in [-0.3, -0.25) is 14.3 Å². The summed E-state index contributed by atoms with van der Waals surface area (Å²) in [7, 11) is -2.42. The molecule has 8 nitrogen and oxygen atoms in total. The van der Waals surface area contributed by atoms with Crippen molar-refractivity contribution in [2.24, 2.45) is 0 Å². The topological polar surface area (TPSA) is 114 Å². The maximum Gasteiger partial charge on any atom is 0.261 e. The molecule has 0 spiro atoms. The molecule has 0 aliphatic rings. The molecule has 156 valence electrons. The standard InChI is InChI=1S/C18H19Cl2N3O5S/c1-28-8-7-21-17(24)11-22-18(25)12-3-2-4-13(9-12)23-29(26,27)14-5-6-15(19)16(20)10-14/h2-6,9-10,23H,7-8,11H2,1H3,(H,21,24)(H,22,25). The fraction of sp³-hybridized carbons (Fsp3) is 0.222. The normalized spacial score (nSPS) is 11.0. The van der Waals surface area contributed by atoms with E-state index >= 15 is 0 Å². The van der Waals surface area contributed by atoms with Gasteiger partial charge in [0.25, 0.3) is 15.9 Å². The van der Waals surface area contributed by atoms with Gasteiger partial charge in [-0.1, -0.05) is 29.3 Å². The average Bonchev–Trinajstić information content (AvgIpc) is 2.68. The Kier molecular flexibility index (Phi) is 8.27. The zero-order chi connectivity index (χ0) is 21.4. The van der Waals surface area contributed by atoms with Gasteiger partial charge in [0.1, 0.15) is 0 Å². The Labute approximate surface area is 178 Å². The fourth-order valence-electron chi connectivity index (χ4n) is 2.20. The number of methoxy groups -OCH3 is 1. The lowest BCUT2D eigenvalue weighted by atomic mass is 10.2. The highest BCUT2D eigenvalue weighted by molar-refractivity contribution is 7.92. The van der Waals surface area contributed by atoms with Crippen LogP contribution in [0.5, 0.6) is 0 Å². The van der Waals surface area contributed by atoms with Crippen LogP contribution in [0.3, 0.4) is 0 Å². The van der Waals surface area contributed by atoms with Crippen molar-refractivity contribution in [1.29, 1.82) is 0 Å². The number of hydrogen-bond donors (Lipinski definition) is 3. The number of carbonyl (C=O) groups excluding carboxylic acids is 2. The summed E-state index contributed by atoms with van der Waals surface area (Å²) < 4.78 is 32.2. The van der Waals surface area contributed by atoms with Crippen LogP contribution >= 0.6 is 23.2 Å². The predicted octanol–water partition coefficient (Wildman–Crippen LogP) is 2.29. The van der Waals surface area contributed by atoms with Crippen molar-refractivity contribution >= 4 is 50.7 Å². The molecule has 0 fully saturated rings. The van der Waals surface area contributed by atoms with Gasteiger partial charge >= 0.3 is 0 Å². The van der Waals surface area contributed by atoms with E-state index in [2.05, 4.69) is 15.4 Å². The minimum atomic E-state index is -3.93. The van der Waals surface area contributed by atoms with E-state index in [0.717, 1.165) is 0 Å². The van der Waals surface area contributed by atoms with Gasteiger partial charge in [-0.25, -0.2) is 8.42 Å². The SMILES string of the molecule is COCCNC(=O)CNC(=O)c1cccc(NS(=O)(=O)c2ccc(Cl)c(Cl)c2)c1. The van der Waals surface area contributed by atoms with Crippen LogP contribution in [0, 0.1) is 0 Å². The van der Waals surface area contributed by atoms with E-state index in [1.807, 2.05) is 0 Å². The molecule has 11 heteroatoms. The summed E-state index contributed by atoms with van der Waals surface area (Å²) in [6.45, 7) is 0.472. The first-order valence-electron chi connectivity index (χ1n) is 8.34. The molecule has 0 radical (unpaired) electrons. The van der Waals surface area contributed by atoms with Crippen LogP contribution in [0.25, 0.3) is 0 Å². The monoisotopic (exact) mass is 459 g/mol. The van der Waals surface area contributed by atoms with Crippen molar-refractivity contribution in [3.63, 3.8) is 0 Å². The lowest BCUT2D eigenvalue weighted by Crippen LogP contribution is -2.38. The molecule has 2 amide bonds. The molecule has 0 saturated heterocycles. The number of rotatable bonds is 9. The molecule has 0 unspecified atom stereocenters. The van der Waals surface area contributed by atoms with Gasteiger partial charge < -0.3 is 15.4 Å². The average molecular weight is 460 g/mol. The van der Waals surface area contributed by atoms with Crippen molar-refractivity contribution in [2.45, 2.75) is 4.90 Å². The van der Waals surface area contributed by atoms with Gasteiger partial charge in [-0.15, -0.1) is 0 Å². The first-order chi connectivity index (χ1) is 13.7. The third-order valence-electron chi connectivity index (χ3n) is 3.62. The highest BCUT2D eigenvalue weighted by Gasteiger charge is 2.17. The van der Waals surface area contributed by atoms with Crippen LogP contribution in [-0.4, -0.2) is 47.0 Å². The van der Waals surface area contributed by atoms with E-state index < -0.39 is 15.9 Å². The van der Waals surface area contributed by atoms with Crippen molar-refractivity contribution in [1.82, 2.24) is 10.6 Å². The number of carbonyl (C=O) groups is 2. The molecule has 0 heterocycles. The van der Waals surface area contributed by atoms with Gasteiger partial charge in [0.15, 0.2) is 0 Å². The van der Waals surface area contributed by atoms with E-state index in [9.17, 15) is 18.0 Å². The van der Waals surface area contributed by atoms with E-state index in [1.54, 1.807) is 0 Å². The lowest BCUT2D eigenvalue weighted by Gasteiger charge is -2.11. The number of benzene rings is 2. The summed E-state index contributed by atoms with van der Waals surface area (Å²) in [6, 6.07) is 9.77. The highest BCUT2D eigenvalue weighted by atomic mass is 35.5. The van der Waals surface area contributed by atoms with Crippen LogP contribution in [0.1, 0.15) is 10.4 Å². The van der Waals surface area contributed by atoms with E-state index in [1.165, 1.54) is 49.6 Å². The molecule has 3 N–H and O–H groups in total. The number of amides is 2. The maximum absolute atomic E-state index is 12.5. The summed E-state index contributed by atoms with van der Waals surface area (Å²) in [6.07, 6.45) is 0. The summed E-state index contributed by atoms with van der Waals surface area (Å²) >= 11 is 11.7. The largest absolute Gasteiger partial charge is 0.383 e. The molecule has 0 atom stereocenters. The lowest BCUT2D eigenvalue weighted by molar-refractivity contribution is -0.120. The quantitative estimate of drug-likeness (QED) is 0.497. The molecule has 0 saturated carbocycles. The first-order valence-corrected chi connectivity index (χ1v) is 10.6. The Morgan fingerprint density at radius 1 is 1.03 bits per heavy atom. The zero-order valence-electron chi connectivity index (χ0n) is 15.4. The summed E-state index contributed by atoms with van der Waals surface area (Å²) in [5, 5.41) is 5.36. The second-order valence-electron chi connectivity index (χ2n) is 5.79. The van der Waals surface area contributed by atoms with Gasteiger partial charge in [0.2, 0.25) is 5.91 Å². The van der Waals surface area contributed by atoms with Gasteiger partial charge in [-0.05, 0) is 36.4 Å². The Bertz CT molecular complexity index is 999. The molecule has 2 aromatic rings. The molecule has 0 aromatic heterocycles. The third kappa shape index (κ3) is 6.90. The molecule has 2 aromatic carbocycles. The Hall–Kier alpha value is -2.33. The van der Waals surface area contributed by atoms with Crippen LogP contribution < -0.4 is 15.4 Å². The van der Waals surface area contributed by atoms with E-state index in [-0.39, 0.29) is 38.6 Å². The fourth-order valence-corrected chi connectivity index (χ4v) is 3.64. The maximum atomic E-state index is 12.5.